The van der Waals surface area contributed by atoms with Crippen molar-refractivity contribution in [3.05, 3.63) is 109 Å². The lowest BCUT2D eigenvalue weighted by Crippen LogP contribution is -2.02. The minimum Gasteiger partial charge on any atom is -0.284 e. The molecule has 0 saturated carbocycles. The molecule has 0 unspecified atom stereocenters. The Hall–Kier alpha value is -4.52. The number of hydrogen-bond donors (Lipinski definition) is 0. The maximum atomic E-state index is 5.01. The minimum atomic E-state index is 0.829. The number of rotatable bonds is 2. The Labute approximate surface area is 224 Å². The molecule has 0 N–H and O–H groups in total. The van der Waals surface area contributed by atoms with Crippen molar-refractivity contribution in [2.24, 2.45) is 0 Å². The molecule has 0 aliphatic rings. The fourth-order valence-electron chi connectivity index (χ4n) is 5.88. The second-order valence-corrected chi connectivity index (χ2v) is 11.6. The zero-order valence-corrected chi connectivity index (χ0v) is 21.6. The summed E-state index contributed by atoms with van der Waals surface area (Å²) in [6.45, 7) is 0. The summed E-state index contributed by atoms with van der Waals surface area (Å²) >= 11 is 3.62. The van der Waals surface area contributed by atoms with E-state index in [1.54, 1.807) is 0 Å². The third kappa shape index (κ3) is 2.63. The summed E-state index contributed by atoms with van der Waals surface area (Å²) in [5, 5.41) is 7.64. The van der Waals surface area contributed by atoms with E-state index in [0.717, 1.165) is 22.7 Å². The summed E-state index contributed by atoms with van der Waals surface area (Å²) in [4.78, 5) is 12.4. The monoisotopic (exact) mass is 522 g/mol. The number of aromatic nitrogens is 4. The first kappa shape index (κ1) is 20.5. The van der Waals surface area contributed by atoms with E-state index in [1.807, 2.05) is 35.1 Å². The molecule has 0 radical (unpaired) electrons. The van der Waals surface area contributed by atoms with E-state index in [1.165, 1.54) is 51.4 Å². The molecule has 5 heterocycles. The van der Waals surface area contributed by atoms with Crippen LogP contribution in [0.2, 0.25) is 0 Å². The Morgan fingerprint density at radius 1 is 0.447 bits per heavy atom. The van der Waals surface area contributed by atoms with Gasteiger partial charge in [-0.15, -0.1) is 22.7 Å². The maximum Gasteiger partial charge on any atom is 0.156 e. The summed E-state index contributed by atoms with van der Waals surface area (Å²) in [5.41, 5.74) is 2.31. The molecule has 0 atom stereocenters. The molecule has 5 aromatic heterocycles. The third-order valence-electron chi connectivity index (χ3n) is 7.47. The lowest BCUT2D eigenvalue weighted by molar-refractivity contribution is 0.995. The van der Waals surface area contributed by atoms with Crippen molar-refractivity contribution in [2.45, 2.75) is 0 Å². The number of thiophene rings is 2. The van der Waals surface area contributed by atoms with Crippen LogP contribution in [0.15, 0.2) is 109 Å². The van der Waals surface area contributed by atoms with Crippen LogP contribution in [0.3, 0.4) is 0 Å². The van der Waals surface area contributed by atoms with Crippen LogP contribution in [-0.2, 0) is 0 Å². The van der Waals surface area contributed by atoms with Gasteiger partial charge in [0, 0.05) is 41.7 Å². The normalized spacial score (nSPS) is 12.2. The SMILES string of the molecule is c1ccc2c(c1)sc1c2c2ccccc2n1-c1cnc(-n2c3ccccc3c3c4ccccc4sc32)cn1. The van der Waals surface area contributed by atoms with Crippen LogP contribution in [0.5, 0.6) is 0 Å². The Morgan fingerprint density at radius 2 is 0.842 bits per heavy atom. The van der Waals surface area contributed by atoms with Crippen LogP contribution >= 0.6 is 22.7 Å². The van der Waals surface area contributed by atoms with Gasteiger partial charge in [0.15, 0.2) is 11.6 Å². The van der Waals surface area contributed by atoms with Gasteiger partial charge in [0.2, 0.25) is 0 Å². The Balaban J connectivity index is 1.30. The summed E-state index contributed by atoms with van der Waals surface area (Å²) in [7, 11) is 0. The van der Waals surface area contributed by atoms with Crippen molar-refractivity contribution in [1.82, 2.24) is 19.1 Å². The third-order valence-corrected chi connectivity index (χ3v) is 9.78. The van der Waals surface area contributed by atoms with Gasteiger partial charge in [0.25, 0.3) is 0 Å². The molecule has 0 saturated heterocycles. The molecule has 4 aromatic carbocycles. The summed E-state index contributed by atoms with van der Waals surface area (Å²) in [6, 6.07) is 34.4. The highest BCUT2D eigenvalue weighted by atomic mass is 32.1. The largest absolute Gasteiger partial charge is 0.284 e. The molecule has 4 nitrogen and oxygen atoms in total. The van der Waals surface area contributed by atoms with Crippen LogP contribution in [-0.4, -0.2) is 19.1 Å². The van der Waals surface area contributed by atoms with E-state index >= 15 is 0 Å². The van der Waals surface area contributed by atoms with E-state index in [9.17, 15) is 0 Å². The Morgan fingerprint density at radius 3 is 1.29 bits per heavy atom. The molecule has 0 fully saturated rings. The molecule has 0 bridgehead atoms. The highest BCUT2D eigenvalue weighted by Crippen LogP contribution is 2.43. The summed E-state index contributed by atoms with van der Waals surface area (Å²) in [6.07, 6.45) is 3.83. The van der Waals surface area contributed by atoms with Gasteiger partial charge < -0.3 is 0 Å². The van der Waals surface area contributed by atoms with Crippen LogP contribution in [0, 0.1) is 0 Å². The first-order chi connectivity index (χ1) is 18.9. The molecule has 9 rings (SSSR count). The van der Waals surface area contributed by atoms with E-state index in [2.05, 4.69) is 106 Å². The first-order valence-electron chi connectivity index (χ1n) is 12.5. The predicted molar refractivity (Wildman–Crippen MR) is 161 cm³/mol. The van der Waals surface area contributed by atoms with Gasteiger partial charge in [0.1, 0.15) is 9.66 Å². The van der Waals surface area contributed by atoms with Gasteiger partial charge in [-0.2, -0.15) is 0 Å². The lowest BCUT2D eigenvalue weighted by Gasteiger charge is -2.08. The number of para-hydroxylation sites is 2. The molecule has 38 heavy (non-hydrogen) atoms. The molecule has 0 aliphatic heterocycles. The number of benzene rings is 4. The molecule has 0 spiro atoms. The van der Waals surface area contributed by atoms with Crippen molar-refractivity contribution in [1.29, 1.82) is 0 Å². The first-order valence-corrected chi connectivity index (χ1v) is 14.1. The van der Waals surface area contributed by atoms with Crippen molar-refractivity contribution in [3.8, 4) is 11.6 Å². The lowest BCUT2D eigenvalue weighted by atomic mass is 10.1. The van der Waals surface area contributed by atoms with Crippen molar-refractivity contribution < 1.29 is 0 Å². The minimum absolute atomic E-state index is 0.829. The number of fused-ring (bicyclic) bond motifs is 10. The molecule has 0 amide bonds. The van der Waals surface area contributed by atoms with Gasteiger partial charge in [-0.25, -0.2) is 9.97 Å². The van der Waals surface area contributed by atoms with Gasteiger partial charge in [-0.05, 0) is 24.3 Å². The molecule has 0 aliphatic carbocycles. The molecule has 178 valence electrons. The van der Waals surface area contributed by atoms with Crippen molar-refractivity contribution >= 4 is 85.1 Å². The van der Waals surface area contributed by atoms with E-state index in [-0.39, 0.29) is 0 Å². The van der Waals surface area contributed by atoms with Crippen molar-refractivity contribution in [2.75, 3.05) is 0 Å². The van der Waals surface area contributed by atoms with Crippen LogP contribution in [0.4, 0.5) is 0 Å². The average molecular weight is 523 g/mol. The standard InChI is InChI=1S/C32H18N4S2/c1-5-13-23-19(9-1)29-21-11-3-7-15-25(21)37-31(29)35(23)27-17-34-28(18-33-27)36-24-14-6-2-10-20(24)30-22-12-4-8-16-26(22)38-32(30)36/h1-18H. The Bertz CT molecular complexity index is 2180. The average Bonchev–Trinajstić information content (AvgIpc) is 3.69. The van der Waals surface area contributed by atoms with E-state index in [0.29, 0.717) is 0 Å². The Kier molecular flexibility index (Phi) is 4.06. The zero-order valence-electron chi connectivity index (χ0n) is 20.0. The maximum absolute atomic E-state index is 5.01. The molecular weight excluding hydrogens is 505 g/mol. The van der Waals surface area contributed by atoms with Crippen molar-refractivity contribution in [3.63, 3.8) is 0 Å². The van der Waals surface area contributed by atoms with Gasteiger partial charge in [-0.3, -0.25) is 9.13 Å². The van der Waals surface area contributed by atoms with Gasteiger partial charge >= 0.3 is 0 Å². The summed E-state index contributed by atoms with van der Waals surface area (Å²) in [5.74, 6) is 1.66. The van der Waals surface area contributed by atoms with E-state index < -0.39 is 0 Å². The van der Waals surface area contributed by atoms with Crippen LogP contribution in [0.1, 0.15) is 0 Å². The highest BCUT2D eigenvalue weighted by Gasteiger charge is 2.20. The number of hydrogen-bond acceptors (Lipinski definition) is 4. The molecule has 6 heteroatoms. The topological polar surface area (TPSA) is 35.6 Å². The second kappa shape index (κ2) is 7.51. The van der Waals surface area contributed by atoms with Crippen LogP contribution in [0.25, 0.3) is 74.0 Å². The molecule has 9 aromatic rings. The van der Waals surface area contributed by atoms with E-state index in [4.69, 9.17) is 9.97 Å². The predicted octanol–water partition coefficient (Wildman–Crippen LogP) is 9.10. The quantitative estimate of drug-likeness (QED) is 0.227. The summed E-state index contributed by atoms with van der Waals surface area (Å²) < 4.78 is 7.09. The van der Waals surface area contributed by atoms with Crippen LogP contribution < -0.4 is 0 Å². The fraction of sp³-hybridized carbons (Fsp3) is 0. The van der Waals surface area contributed by atoms with Gasteiger partial charge in [0.05, 0.1) is 23.4 Å². The zero-order chi connectivity index (χ0) is 24.8. The van der Waals surface area contributed by atoms with Gasteiger partial charge in [-0.1, -0.05) is 72.8 Å². The highest BCUT2D eigenvalue weighted by molar-refractivity contribution is 7.26. The fourth-order valence-corrected chi connectivity index (χ4v) is 8.36. The molecular formula is C32H18N4S2. The second-order valence-electron chi connectivity index (χ2n) is 9.49. The number of nitrogens with zero attached hydrogens (tertiary/aromatic N) is 4. The smallest absolute Gasteiger partial charge is 0.156 e.